The van der Waals surface area contributed by atoms with Gasteiger partial charge in [0.15, 0.2) is 0 Å². The van der Waals surface area contributed by atoms with E-state index in [2.05, 4.69) is 5.10 Å². The first-order valence-corrected chi connectivity index (χ1v) is 4.45. The van der Waals surface area contributed by atoms with Crippen LogP contribution in [0.4, 0.5) is 0 Å². The van der Waals surface area contributed by atoms with Crippen molar-refractivity contribution in [2.45, 2.75) is 0 Å². The number of carbonyl (C=O) groups excluding carboxylic acids is 1. The zero-order valence-corrected chi connectivity index (χ0v) is 7.98. The molecule has 3 nitrogen and oxygen atoms in total. The molecule has 0 unspecified atom stereocenters. The van der Waals surface area contributed by atoms with Gasteiger partial charge in [0.1, 0.15) is 0 Å². The zero-order valence-electron chi connectivity index (χ0n) is 7.22. The van der Waals surface area contributed by atoms with Gasteiger partial charge in [0.25, 0.3) is 5.91 Å². The van der Waals surface area contributed by atoms with E-state index in [4.69, 9.17) is 11.6 Å². The average Bonchev–Trinajstić information content (AvgIpc) is 2.71. The minimum Gasteiger partial charge on any atom is -0.267 e. The van der Waals surface area contributed by atoms with Gasteiger partial charge >= 0.3 is 0 Å². The van der Waals surface area contributed by atoms with Gasteiger partial charge in [0, 0.05) is 23.0 Å². The van der Waals surface area contributed by atoms with Gasteiger partial charge in [-0.15, -0.1) is 0 Å². The Morgan fingerprint density at radius 1 is 1.29 bits per heavy atom. The number of halogens is 1. The van der Waals surface area contributed by atoms with Crippen LogP contribution < -0.4 is 0 Å². The van der Waals surface area contributed by atoms with Gasteiger partial charge in [0.05, 0.1) is 0 Å². The lowest BCUT2D eigenvalue weighted by Crippen LogP contribution is -2.11. The van der Waals surface area contributed by atoms with E-state index in [1.165, 1.54) is 4.68 Å². The fraction of sp³-hybridized carbons (Fsp3) is 0. The molecule has 0 atom stereocenters. The fourth-order valence-electron chi connectivity index (χ4n) is 1.11. The average molecular weight is 207 g/mol. The second-order valence-corrected chi connectivity index (χ2v) is 3.20. The SMILES string of the molecule is O=C(c1ccc(Cl)cc1)n1cccn1. The molecule has 1 aromatic carbocycles. The van der Waals surface area contributed by atoms with Crippen LogP contribution in [0.3, 0.4) is 0 Å². The summed E-state index contributed by atoms with van der Waals surface area (Å²) in [5.41, 5.74) is 0.568. The van der Waals surface area contributed by atoms with Crippen LogP contribution >= 0.6 is 11.6 Å². The standard InChI is InChI=1S/C10H7ClN2O/c11-9-4-2-8(3-5-9)10(14)13-7-1-6-12-13/h1-7H. The molecule has 70 valence electrons. The van der Waals surface area contributed by atoms with Crippen molar-refractivity contribution in [3.8, 4) is 0 Å². The molecule has 0 saturated heterocycles. The van der Waals surface area contributed by atoms with Crippen LogP contribution in [0, 0.1) is 0 Å². The summed E-state index contributed by atoms with van der Waals surface area (Å²) in [6, 6.07) is 8.41. The van der Waals surface area contributed by atoms with Crippen LogP contribution in [0.5, 0.6) is 0 Å². The first-order valence-electron chi connectivity index (χ1n) is 4.07. The second-order valence-electron chi connectivity index (χ2n) is 2.76. The van der Waals surface area contributed by atoms with Gasteiger partial charge in [-0.05, 0) is 30.3 Å². The largest absolute Gasteiger partial charge is 0.278 e. The van der Waals surface area contributed by atoms with Crippen molar-refractivity contribution in [3.63, 3.8) is 0 Å². The summed E-state index contributed by atoms with van der Waals surface area (Å²) in [5, 5.41) is 4.46. The van der Waals surface area contributed by atoms with Crippen molar-refractivity contribution in [1.82, 2.24) is 9.78 Å². The molecule has 1 aromatic heterocycles. The van der Waals surface area contributed by atoms with Gasteiger partial charge in [-0.3, -0.25) is 4.79 Å². The van der Waals surface area contributed by atoms with E-state index in [-0.39, 0.29) is 5.91 Å². The first kappa shape index (κ1) is 8.97. The normalized spacial score (nSPS) is 10.1. The molecule has 0 fully saturated rings. The topological polar surface area (TPSA) is 34.9 Å². The van der Waals surface area contributed by atoms with E-state index < -0.39 is 0 Å². The minimum atomic E-state index is -0.160. The lowest BCUT2D eigenvalue weighted by Gasteiger charge is -1.99. The van der Waals surface area contributed by atoms with E-state index in [0.717, 1.165) is 0 Å². The molecule has 2 aromatic rings. The third-order valence-electron chi connectivity index (χ3n) is 1.80. The highest BCUT2D eigenvalue weighted by Gasteiger charge is 2.06. The van der Waals surface area contributed by atoms with Crippen LogP contribution in [0.25, 0.3) is 0 Å². The number of rotatable bonds is 1. The summed E-state index contributed by atoms with van der Waals surface area (Å²) >= 11 is 5.71. The van der Waals surface area contributed by atoms with Gasteiger partial charge in [0.2, 0.25) is 0 Å². The fourth-order valence-corrected chi connectivity index (χ4v) is 1.24. The second kappa shape index (κ2) is 3.64. The lowest BCUT2D eigenvalue weighted by atomic mass is 10.2. The number of hydrogen-bond donors (Lipinski definition) is 0. The van der Waals surface area contributed by atoms with Crippen molar-refractivity contribution in [3.05, 3.63) is 53.3 Å². The van der Waals surface area contributed by atoms with Crippen LogP contribution in [-0.4, -0.2) is 15.7 Å². The molecule has 14 heavy (non-hydrogen) atoms. The Bertz CT molecular complexity index is 434. The summed E-state index contributed by atoms with van der Waals surface area (Å²) in [6.45, 7) is 0. The van der Waals surface area contributed by atoms with E-state index in [1.807, 2.05) is 0 Å². The predicted octanol–water partition coefficient (Wildman–Crippen LogP) is 2.22. The third-order valence-corrected chi connectivity index (χ3v) is 2.06. The molecular formula is C10H7ClN2O. The molecule has 0 N–H and O–H groups in total. The molecule has 0 saturated carbocycles. The molecule has 0 spiro atoms. The molecular weight excluding hydrogens is 200 g/mol. The molecule has 4 heteroatoms. The van der Waals surface area contributed by atoms with Crippen LogP contribution in [-0.2, 0) is 0 Å². The molecule has 0 amide bonds. The maximum Gasteiger partial charge on any atom is 0.278 e. The number of aromatic nitrogens is 2. The monoisotopic (exact) mass is 206 g/mol. The Hall–Kier alpha value is -1.61. The number of hydrogen-bond acceptors (Lipinski definition) is 2. The Morgan fingerprint density at radius 2 is 2.00 bits per heavy atom. The Balaban J connectivity index is 2.33. The van der Waals surface area contributed by atoms with Gasteiger partial charge < -0.3 is 0 Å². The summed E-state index contributed by atoms with van der Waals surface area (Å²) in [6.07, 6.45) is 3.17. The third kappa shape index (κ3) is 1.67. The highest BCUT2D eigenvalue weighted by atomic mass is 35.5. The Kier molecular flexibility index (Phi) is 2.33. The van der Waals surface area contributed by atoms with Gasteiger partial charge in [-0.25, -0.2) is 4.68 Å². The van der Waals surface area contributed by atoms with E-state index >= 15 is 0 Å². The number of nitrogens with zero attached hydrogens (tertiary/aromatic N) is 2. The molecule has 0 bridgehead atoms. The van der Waals surface area contributed by atoms with Crippen molar-refractivity contribution in [1.29, 1.82) is 0 Å². The lowest BCUT2D eigenvalue weighted by molar-refractivity contribution is 0.0945. The van der Waals surface area contributed by atoms with E-state index in [0.29, 0.717) is 10.6 Å². The highest BCUT2D eigenvalue weighted by molar-refractivity contribution is 6.30. The van der Waals surface area contributed by atoms with Crippen molar-refractivity contribution in [2.24, 2.45) is 0 Å². The van der Waals surface area contributed by atoms with Gasteiger partial charge in [-0.2, -0.15) is 5.10 Å². The minimum absolute atomic E-state index is 0.160. The Labute approximate surface area is 85.9 Å². The first-order chi connectivity index (χ1) is 6.77. The molecule has 2 rings (SSSR count). The molecule has 0 aliphatic carbocycles. The van der Waals surface area contributed by atoms with E-state index in [9.17, 15) is 4.79 Å². The summed E-state index contributed by atoms with van der Waals surface area (Å²) in [5.74, 6) is -0.160. The summed E-state index contributed by atoms with van der Waals surface area (Å²) < 4.78 is 1.28. The van der Waals surface area contributed by atoms with Crippen molar-refractivity contribution < 1.29 is 4.79 Å². The maximum atomic E-state index is 11.7. The van der Waals surface area contributed by atoms with Crippen LogP contribution in [0.2, 0.25) is 5.02 Å². The zero-order chi connectivity index (χ0) is 9.97. The highest BCUT2D eigenvalue weighted by Crippen LogP contribution is 2.10. The van der Waals surface area contributed by atoms with Crippen LogP contribution in [0.15, 0.2) is 42.7 Å². The molecule has 0 aliphatic rings. The number of carbonyl (C=O) groups is 1. The maximum absolute atomic E-state index is 11.7. The molecule has 1 heterocycles. The van der Waals surface area contributed by atoms with Crippen molar-refractivity contribution >= 4 is 17.5 Å². The van der Waals surface area contributed by atoms with Crippen LogP contribution in [0.1, 0.15) is 10.4 Å². The van der Waals surface area contributed by atoms with Gasteiger partial charge in [-0.1, -0.05) is 11.6 Å². The van der Waals surface area contributed by atoms with E-state index in [1.54, 1.807) is 42.7 Å². The summed E-state index contributed by atoms with van der Waals surface area (Å²) in [4.78, 5) is 11.7. The van der Waals surface area contributed by atoms with Crippen molar-refractivity contribution in [2.75, 3.05) is 0 Å². The number of benzene rings is 1. The summed E-state index contributed by atoms with van der Waals surface area (Å²) in [7, 11) is 0. The molecule has 0 aliphatic heterocycles. The predicted molar refractivity (Wildman–Crippen MR) is 53.4 cm³/mol. The smallest absolute Gasteiger partial charge is 0.267 e. The molecule has 0 radical (unpaired) electrons. The Morgan fingerprint density at radius 3 is 2.57 bits per heavy atom. The quantitative estimate of drug-likeness (QED) is 0.717.